The van der Waals surface area contributed by atoms with Crippen molar-refractivity contribution >= 4 is 0 Å². The largest absolute Gasteiger partial charge is 0.316 e. The topological polar surface area (TPSA) is 24.1 Å². The molecule has 0 amide bonds. The highest BCUT2D eigenvalue weighted by atomic mass is 15.1. The second-order valence-corrected chi connectivity index (χ2v) is 3.51. The average molecular weight is 139 g/mol. The van der Waals surface area contributed by atoms with Gasteiger partial charge in [0, 0.05) is 24.5 Å². The molecule has 0 aliphatic carbocycles. The third kappa shape index (κ3) is 0.722. The Morgan fingerprint density at radius 1 is 1.50 bits per heavy atom. The summed E-state index contributed by atoms with van der Waals surface area (Å²) in [7, 11) is 0. The quantitative estimate of drug-likeness (QED) is 0.541. The van der Waals surface area contributed by atoms with E-state index in [1.807, 2.05) is 0 Å². The Hall–Kier alpha value is -0.0800. The van der Waals surface area contributed by atoms with Gasteiger partial charge < -0.3 is 10.6 Å². The van der Waals surface area contributed by atoms with Crippen LogP contribution in [0, 0.1) is 12.3 Å². The number of hydrogen-bond acceptors (Lipinski definition) is 2. The van der Waals surface area contributed by atoms with Crippen LogP contribution in [0.15, 0.2) is 0 Å². The molecule has 2 N–H and O–H groups in total. The third-order valence-corrected chi connectivity index (χ3v) is 3.01. The lowest BCUT2D eigenvalue weighted by molar-refractivity contribution is 0.107. The smallest absolute Gasteiger partial charge is 0.0149 e. The lowest BCUT2D eigenvalue weighted by atomic mass is 9.72. The SMILES string of the molecule is [CH2]CC1NCC12CCNC2. The van der Waals surface area contributed by atoms with Crippen molar-refractivity contribution in [2.24, 2.45) is 5.41 Å². The molecule has 2 heteroatoms. The number of nitrogens with one attached hydrogen (secondary N) is 2. The molecule has 0 bridgehead atoms. The van der Waals surface area contributed by atoms with Gasteiger partial charge in [0.25, 0.3) is 0 Å². The van der Waals surface area contributed by atoms with Crippen LogP contribution in [-0.2, 0) is 0 Å². The molecule has 0 saturated carbocycles. The van der Waals surface area contributed by atoms with Gasteiger partial charge in [-0.15, -0.1) is 0 Å². The van der Waals surface area contributed by atoms with Crippen molar-refractivity contribution in [1.29, 1.82) is 0 Å². The predicted molar refractivity (Wildman–Crippen MR) is 41.7 cm³/mol. The van der Waals surface area contributed by atoms with Crippen LogP contribution in [0.1, 0.15) is 12.8 Å². The maximum Gasteiger partial charge on any atom is 0.0149 e. The molecule has 2 nitrogen and oxygen atoms in total. The summed E-state index contributed by atoms with van der Waals surface area (Å²) >= 11 is 0. The van der Waals surface area contributed by atoms with Crippen LogP contribution in [0.3, 0.4) is 0 Å². The molecule has 10 heavy (non-hydrogen) atoms. The zero-order valence-electron chi connectivity index (χ0n) is 6.32. The molecule has 2 saturated heterocycles. The van der Waals surface area contributed by atoms with Crippen LogP contribution in [-0.4, -0.2) is 25.7 Å². The summed E-state index contributed by atoms with van der Waals surface area (Å²) in [5, 5.41) is 6.84. The number of rotatable bonds is 1. The van der Waals surface area contributed by atoms with Gasteiger partial charge in [-0.1, -0.05) is 6.92 Å². The van der Waals surface area contributed by atoms with Crippen molar-refractivity contribution in [3.8, 4) is 0 Å². The van der Waals surface area contributed by atoms with Crippen molar-refractivity contribution in [3.05, 3.63) is 6.92 Å². The van der Waals surface area contributed by atoms with E-state index in [0.29, 0.717) is 11.5 Å². The summed E-state index contributed by atoms with van der Waals surface area (Å²) in [4.78, 5) is 0. The van der Waals surface area contributed by atoms with E-state index in [2.05, 4.69) is 17.6 Å². The second kappa shape index (κ2) is 2.21. The third-order valence-electron chi connectivity index (χ3n) is 3.01. The highest BCUT2D eigenvalue weighted by molar-refractivity contribution is 5.06. The molecule has 57 valence electrons. The molecular formula is C8H15N2. The summed E-state index contributed by atoms with van der Waals surface area (Å²) in [6, 6.07) is 0.697. The van der Waals surface area contributed by atoms with Gasteiger partial charge in [-0.3, -0.25) is 0 Å². The highest BCUT2D eigenvalue weighted by Gasteiger charge is 2.46. The minimum Gasteiger partial charge on any atom is -0.316 e. The van der Waals surface area contributed by atoms with E-state index in [4.69, 9.17) is 0 Å². The molecule has 2 fully saturated rings. The monoisotopic (exact) mass is 139 g/mol. The van der Waals surface area contributed by atoms with E-state index in [1.165, 1.54) is 26.1 Å². The zero-order chi connectivity index (χ0) is 7.03. The van der Waals surface area contributed by atoms with Gasteiger partial charge >= 0.3 is 0 Å². The Kier molecular flexibility index (Phi) is 1.46. The molecule has 2 rings (SSSR count). The van der Waals surface area contributed by atoms with Crippen LogP contribution in [0.2, 0.25) is 0 Å². The van der Waals surface area contributed by atoms with Crippen molar-refractivity contribution in [3.63, 3.8) is 0 Å². The Morgan fingerprint density at radius 2 is 2.40 bits per heavy atom. The zero-order valence-corrected chi connectivity index (χ0v) is 6.32. The maximum absolute atomic E-state index is 3.94. The second-order valence-electron chi connectivity index (χ2n) is 3.51. The molecule has 2 atom stereocenters. The summed E-state index contributed by atoms with van der Waals surface area (Å²) in [5.41, 5.74) is 0.599. The fourth-order valence-corrected chi connectivity index (χ4v) is 2.15. The summed E-state index contributed by atoms with van der Waals surface area (Å²) in [5.74, 6) is 0. The fourth-order valence-electron chi connectivity index (χ4n) is 2.15. The first-order valence-electron chi connectivity index (χ1n) is 4.11. The molecule has 2 aliphatic rings. The van der Waals surface area contributed by atoms with Gasteiger partial charge in [0.1, 0.15) is 0 Å². The average Bonchev–Trinajstić information content (AvgIpc) is 2.35. The van der Waals surface area contributed by atoms with E-state index in [-0.39, 0.29) is 0 Å². The predicted octanol–water partition coefficient (Wildman–Crippen LogP) is 0.162. The molecule has 1 radical (unpaired) electrons. The van der Waals surface area contributed by atoms with Crippen LogP contribution in [0.5, 0.6) is 0 Å². The van der Waals surface area contributed by atoms with Crippen molar-refractivity contribution in [1.82, 2.24) is 10.6 Å². The minimum atomic E-state index is 0.599. The van der Waals surface area contributed by atoms with Crippen molar-refractivity contribution in [2.75, 3.05) is 19.6 Å². The fraction of sp³-hybridized carbons (Fsp3) is 0.875. The maximum atomic E-state index is 3.94. The van der Waals surface area contributed by atoms with Gasteiger partial charge in [-0.25, -0.2) is 0 Å². The van der Waals surface area contributed by atoms with E-state index < -0.39 is 0 Å². The Bertz CT molecular complexity index is 125. The summed E-state index contributed by atoms with van der Waals surface area (Å²) in [6.45, 7) is 7.56. The molecule has 2 unspecified atom stereocenters. The van der Waals surface area contributed by atoms with Gasteiger partial charge in [-0.2, -0.15) is 0 Å². The molecule has 0 aromatic carbocycles. The summed E-state index contributed by atoms with van der Waals surface area (Å²) < 4.78 is 0. The molecule has 0 aromatic heterocycles. The van der Waals surface area contributed by atoms with E-state index in [1.54, 1.807) is 0 Å². The molecular weight excluding hydrogens is 124 g/mol. The van der Waals surface area contributed by atoms with Crippen molar-refractivity contribution in [2.45, 2.75) is 18.9 Å². The minimum absolute atomic E-state index is 0.599. The Balaban J connectivity index is 2.01. The van der Waals surface area contributed by atoms with Crippen LogP contribution in [0.25, 0.3) is 0 Å². The molecule has 0 aromatic rings. The first-order chi connectivity index (χ1) is 4.87. The van der Waals surface area contributed by atoms with Crippen LogP contribution < -0.4 is 10.6 Å². The van der Waals surface area contributed by atoms with E-state index in [9.17, 15) is 0 Å². The van der Waals surface area contributed by atoms with Gasteiger partial charge in [-0.05, 0) is 19.4 Å². The standard InChI is InChI=1S/C8H15N2/c1-2-7-8(6-10-7)3-4-9-5-8/h7,9-10H,1-6H2. The Morgan fingerprint density at radius 3 is 2.80 bits per heavy atom. The van der Waals surface area contributed by atoms with Crippen molar-refractivity contribution < 1.29 is 0 Å². The lowest BCUT2D eigenvalue weighted by Gasteiger charge is -2.47. The molecule has 2 heterocycles. The van der Waals surface area contributed by atoms with Crippen LogP contribution in [0.4, 0.5) is 0 Å². The number of hydrogen-bond donors (Lipinski definition) is 2. The van der Waals surface area contributed by atoms with Gasteiger partial charge in [0.05, 0.1) is 0 Å². The Labute approximate surface area is 62.4 Å². The lowest BCUT2D eigenvalue weighted by Crippen LogP contribution is -2.63. The normalized spacial score (nSPS) is 45.9. The first kappa shape index (κ1) is 6.62. The van der Waals surface area contributed by atoms with Gasteiger partial charge in [0.2, 0.25) is 0 Å². The first-order valence-corrected chi connectivity index (χ1v) is 4.11. The van der Waals surface area contributed by atoms with Crippen LogP contribution >= 0.6 is 0 Å². The van der Waals surface area contributed by atoms with Gasteiger partial charge in [0.15, 0.2) is 0 Å². The highest BCUT2D eigenvalue weighted by Crippen LogP contribution is 2.36. The summed E-state index contributed by atoms with van der Waals surface area (Å²) in [6.07, 6.45) is 2.39. The molecule has 2 aliphatic heterocycles. The van der Waals surface area contributed by atoms with E-state index >= 15 is 0 Å². The van der Waals surface area contributed by atoms with E-state index in [0.717, 1.165) is 6.42 Å². The molecule has 1 spiro atoms.